The van der Waals surface area contributed by atoms with E-state index in [1.165, 1.54) is 5.56 Å². The summed E-state index contributed by atoms with van der Waals surface area (Å²) in [5, 5.41) is 10.6. The van der Waals surface area contributed by atoms with E-state index in [-0.39, 0.29) is 0 Å². The second kappa shape index (κ2) is 11.3. The van der Waals surface area contributed by atoms with E-state index in [2.05, 4.69) is 46.8 Å². The SMILES string of the molecule is CCC(CC)c1cc(CNC(=NC)NCCOCc2ccccc2)on1. The number of hydrogen-bond acceptors (Lipinski definition) is 4. The van der Waals surface area contributed by atoms with Crippen LogP contribution in [0.3, 0.4) is 0 Å². The monoisotopic (exact) mass is 358 g/mol. The summed E-state index contributed by atoms with van der Waals surface area (Å²) in [4.78, 5) is 4.21. The zero-order valence-electron chi connectivity index (χ0n) is 16.0. The zero-order chi connectivity index (χ0) is 18.6. The number of nitrogens with one attached hydrogen (secondary N) is 2. The first kappa shape index (κ1) is 20.0. The van der Waals surface area contributed by atoms with E-state index in [1.807, 2.05) is 24.3 Å². The van der Waals surface area contributed by atoms with Gasteiger partial charge in [-0.1, -0.05) is 49.3 Å². The molecule has 2 rings (SSSR count). The molecule has 0 spiro atoms. The molecule has 0 saturated heterocycles. The summed E-state index contributed by atoms with van der Waals surface area (Å²) in [6.45, 7) is 6.81. The smallest absolute Gasteiger partial charge is 0.191 e. The van der Waals surface area contributed by atoms with E-state index in [0.717, 1.165) is 24.3 Å². The lowest BCUT2D eigenvalue weighted by molar-refractivity contribution is 0.125. The number of guanidine groups is 1. The Balaban J connectivity index is 1.66. The van der Waals surface area contributed by atoms with Gasteiger partial charge >= 0.3 is 0 Å². The van der Waals surface area contributed by atoms with Crippen LogP contribution in [-0.2, 0) is 17.9 Å². The fourth-order valence-corrected chi connectivity index (χ4v) is 2.71. The summed E-state index contributed by atoms with van der Waals surface area (Å²) in [6.07, 6.45) is 2.14. The van der Waals surface area contributed by atoms with Crippen LogP contribution in [-0.4, -0.2) is 31.3 Å². The number of aliphatic imine (C=N–C) groups is 1. The molecule has 0 aliphatic carbocycles. The van der Waals surface area contributed by atoms with Crippen LogP contribution in [0, 0.1) is 0 Å². The number of benzene rings is 1. The fourth-order valence-electron chi connectivity index (χ4n) is 2.71. The van der Waals surface area contributed by atoms with Crippen molar-refractivity contribution in [3.8, 4) is 0 Å². The molecule has 2 N–H and O–H groups in total. The highest BCUT2D eigenvalue weighted by molar-refractivity contribution is 5.79. The van der Waals surface area contributed by atoms with Crippen molar-refractivity contribution >= 4 is 5.96 Å². The van der Waals surface area contributed by atoms with Gasteiger partial charge in [0.2, 0.25) is 0 Å². The molecule has 0 saturated carbocycles. The minimum atomic E-state index is 0.465. The highest BCUT2D eigenvalue weighted by atomic mass is 16.5. The van der Waals surface area contributed by atoms with E-state index in [1.54, 1.807) is 7.05 Å². The number of nitrogens with zero attached hydrogens (tertiary/aromatic N) is 2. The average molecular weight is 358 g/mol. The van der Waals surface area contributed by atoms with Crippen LogP contribution in [0.1, 0.15) is 49.6 Å². The highest BCUT2D eigenvalue weighted by Gasteiger charge is 2.13. The third-order valence-corrected chi connectivity index (χ3v) is 4.29. The van der Waals surface area contributed by atoms with E-state index in [4.69, 9.17) is 9.26 Å². The standard InChI is InChI=1S/C20H30N4O2/c1-4-17(5-2)19-13-18(26-24-19)14-23-20(21-3)22-11-12-25-15-16-9-7-6-8-10-16/h6-10,13,17H,4-5,11-12,14-15H2,1-3H3,(H2,21,22,23). The summed E-state index contributed by atoms with van der Waals surface area (Å²) in [5.74, 6) is 2.00. The van der Waals surface area contributed by atoms with Crippen molar-refractivity contribution in [3.63, 3.8) is 0 Å². The first-order valence-electron chi connectivity index (χ1n) is 9.28. The molecule has 1 heterocycles. The predicted octanol–water partition coefficient (Wildman–Crippen LogP) is 3.46. The minimum Gasteiger partial charge on any atom is -0.375 e. The third kappa shape index (κ3) is 6.52. The van der Waals surface area contributed by atoms with Gasteiger partial charge in [-0.05, 0) is 18.4 Å². The Morgan fingerprint density at radius 3 is 2.65 bits per heavy atom. The van der Waals surface area contributed by atoms with Crippen molar-refractivity contribution in [2.24, 2.45) is 4.99 Å². The Hall–Kier alpha value is -2.34. The van der Waals surface area contributed by atoms with Gasteiger partial charge in [0.15, 0.2) is 11.7 Å². The van der Waals surface area contributed by atoms with E-state index in [0.29, 0.717) is 38.2 Å². The molecule has 1 aromatic heterocycles. The molecule has 0 fully saturated rings. The van der Waals surface area contributed by atoms with Gasteiger partial charge in [-0.2, -0.15) is 0 Å². The summed E-state index contributed by atoms with van der Waals surface area (Å²) >= 11 is 0. The second-order valence-corrected chi connectivity index (χ2v) is 6.12. The lowest BCUT2D eigenvalue weighted by Crippen LogP contribution is -2.38. The van der Waals surface area contributed by atoms with Gasteiger partial charge in [-0.25, -0.2) is 0 Å². The van der Waals surface area contributed by atoms with Gasteiger partial charge in [-0.15, -0.1) is 0 Å². The van der Waals surface area contributed by atoms with Crippen molar-refractivity contribution in [2.45, 2.75) is 45.8 Å². The van der Waals surface area contributed by atoms with Crippen LogP contribution in [0.25, 0.3) is 0 Å². The second-order valence-electron chi connectivity index (χ2n) is 6.12. The Morgan fingerprint density at radius 2 is 1.96 bits per heavy atom. The van der Waals surface area contributed by atoms with E-state index < -0.39 is 0 Å². The normalized spacial score (nSPS) is 11.8. The van der Waals surface area contributed by atoms with Crippen LogP contribution in [0.5, 0.6) is 0 Å². The molecule has 0 aliphatic heterocycles. The maximum atomic E-state index is 5.66. The summed E-state index contributed by atoms with van der Waals surface area (Å²) in [6, 6.07) is 12.2. The molecule has 142 valence electrons. The Bertz CT molecular complexity index is 651. The van der Waals surface area contributed by atoms with E-state index in [9.17, 15) is 0 Å². The molecule has 0 amide bonds. The van der Waals surface area contributed by atoms with Crippen molar-refractivity contribution in [1.82, 2.24) is 15.8 Å². The number of rotatable bonds is 10. The van der Waals surface area contributed by atoms with Gasteiger partial charge in [0.25, 0.3) is 0 Å². The molecule has 0 aliphatic rings. The Morgan fingerprint density at radius 1 is 1.19 bits per heavy atom. The lowest BCUT2D eigenvalue weighted by atomic mass is 9.99. The lowest BCUT2D eigenvalue weighted by Gasteiger charge is -2.11. The van der Waals surface area contributed by atoms with Crippen LogP contribution < -0.4 is 10.6 Å². The number of ether oxygens (including phenoxy) is 1. The van der Waals surface area contributed by atoms with Gasteiger partial charge < -0.3 is 19.9 Å². The van der Waals surface area contributed by atoms with Crippen LogP contribution in [0.2, 0.25) is 0 Å². The largest absolute Gasteiger partial charge is 0.375 e. The molecule has 0 unspecified atom stereocenters. The summed E-state index contributed by atoms with van der Waals surface area (Å²) < 4.78 is 11.1. The predicted molar refractivity (Wildman–Crippen MR) is 104 cm³/mol. The van der Waals surface area contributed by atoms with Gasteiger partial charge in [0.05, 0.1) is 25.5 Å². The summed E-state index contributed by atoms with van der Waals surface area (Å²) in [7, 11) is 1.75. The van der Waals surface area contributed by atoms with Gasteiger partial charge in [0.1, 0.15) is 0 Å². The molecule has 2 aromatic rings. The molecule has 6 heteroatoms. The quantitative estimate of drug-likeness (QED) is 0.387. The molecule has 6 nitrogen and oxygen atoms in total. The molecule has 0 atom stereocenters. The molecule has 1 aromatic carbocycles. The third-order valence-electron chi connectivity index (χ3n) is 4.29. The number of aromatic nitrogens is 1. The van der Waals surface area contributed by atoms with Crippen molar-refractivity contribution < 1.29 is 9.26 Å². The summed E-state index contributed by atoms with van der Waals surface area (Å²) in [5.41, 5.74) is 2.21. The molecule has 0 radical (unpaired) electrons. The maximum absolute atomic E-state index is 5.66. The molecule has 26 heavy (non-hydrogen) atoms. The maximum Gasteiger partial charge on any atom is 0.191 e. The van der Waals surface area contributed by atoms with Crippen molar-refractivity contribution in [2.75, 3.05) is 20.2 Å². The fraction of sp³-hybridized carbons (Fsp3) is 0.500. The first-order valence-corrected chi connectivity index (χ1v) is 9.28. The Labute approximate surface area is 156 Å². The van der Waals surface area contributed by atoms with Crippen LogP contribution >= 0.6 is 0 Å². The topological polar surface area (TPSA) is 71.7 Å². The Kier molecular flexibility index (Phi) is 8.69. The van der Waals surface area contributed by atoms with Gasteiger partial charge in [0, 0.05) is 25.6 Å². The van der Waals surface area contributed by atoms with Crippen LogP contribution in [0.4, 0.5) is 0 Å². The van der Waals surface area contributed by atoms with Crippen molar-refractivity contribution in [1.29, 1.82) is 0 Å². The van der Waals surface area contributed by atoms with Gasteiger partial charge in [-0.3, -0.25) is 4.99 Å². The molecule has 0 bridgehead atoms. The van der Waals surface area contributed by atoms with E-state index >= 15 is 0 Å². The van der Waals surface area contributed by atoms with Crippen molar-refractivity contribution in [3.05, 3.63) is 53.4 Å². The minimum absolute atomic E-state index is 0.465. The molecular formula is C20H30N4O2. The average Bonchev–Trinajstić information content (AvgIpc) is 3.14. The molecular weight excluding hydrogens is 328 g/mol. The highest BCUT2D eigenvalue weighted by Crippen LogP contribution is 2.22. The number of hydrogen-bond donors (Lipinski definition) is 2. The first-order chi connectivity index (χ1) is 12.8. The zero-order valence-corrected chi connectivity index (χ0v) is 16.0. The van der Waals surface area contributed by atoms with Crippen LogP contribution in [0.15, 0.2) is 45.9 Å².